The Hall–Kier alpha value is -1.32. The first kappa shape index (κ1) is 12.7. The number of hydrogen-bond acceptors (Lipinski definition) is 1. The van der Waals surface area contributed by atoms with Crippen molar-refractivity contribution >= 4 is 11.6 Å². The fourth-order valence-electron chi connectivity index (χ4n) is 2.71. The van der Waals surface area contributed by atoms with Crippen LogP contribution in [-0.2, 0) is 13.0 Å². The zero-order valence-corrected chi connectivity index (χ0v) is 11.2. The van der Waals surface area contributed by atoms with E-state index in [2.05, 4.69) is 4.57 Å². The summed E-state index contributed by atoms with van der Waals surface area (Å²) in [6.07, 6.45) is 4.45. The Labute approximate surface area is 116 Å². The lowest BCUT2D eigenvalue weighted by Crippen LogP contribution is -2.12. The quantitative estimate of drug-likeness (QED) is 0.891. The van der Waals surface area contributed by atoms with Gasteiger partial charge in [0.15, 0.2) is 0 Å². The number of rotatable bonds is 2. The number of nitrogens with zero attached hydrogens (tertiary/aromatic N) is 1. The first-order chi connectivity index (χ1) is 9.15. The van der Waals surface area contributed by atoms with Crippen molar-refractivity contribution in [3.63, 3.8) is 0 Å². The predicted octanol–water partition coefficient (Wildman–Crippen LogP) is 3.70. The van der Waals surface area contributed by atoms with Gasteiger partial charge in [0.05, 0.1) is 11.1 Å². The fourth-order valence-corrected chi connectivity index (χ4v) is 2.92. The van der Waals surface area contributed by atoms with Crippen LogP contribution in [0.5, 0.6) is 0 Å². The molecule has 0 aliphatic heterocycles. The van der Waals surface area contributed by atoms with Crippen LogP contribution in [-0.4, -0.2) is 9.67 Å². The second-order valence-electron chi connectivity index (χ2n) is 5.00. The Balaban J connectivity index is 1.89. The van der Waals surface area contributed by atoms with E-state index in [0.29, 0.717) is 6.54 Å². The van der Waals surface area contributed by atoms with E-state index in [-0.39, 0.29) is 11.1 Å². The summed E-state index contributed by atoms with van der Waals surface area (Å²) >= 11 is 5.80. The maximum Gasteiger partial charge on any atom is 0.141 e. The summed E-state index contributed by atoms with van der Waals surface area (Å²) in [5.41, 5.74) is 3.17. The standard InChI is InChI=1S/C15H15ClFNO/c16-12-8-10(4-5-13(12)17)9-18-7-6-11-14(18)2-1-3-15(11)19/h4-8,15,19H,1-3,9H2. The molecule has 2 nitrogen and oxygen atoms in total. The van der Waals surface area contributed by atoms with Crippen LogP contribution in [0.1, 0.15) is 35.8 Å². The SMILES string of the molecule is OC1CCCc2c1ccn2Cc1ccc(F)c(Cl)c1. The first-order valence-corrected chi connectivity index (χ1v) is 6.83. The van der Waals surface area contributed by atoms with Gasteiger partial charge in [-0.1, -0.05) is 17.7 Å². The molecule has 1 N–H and O–H groups in total. The van der Waals surface area contributed by atoms with Gasteiger partial charge in [0, 0.05) is 24.0 Å². The molecule has 0 saturated heterocycles. The van der Waals surface area contributed by atoms with E-state index in [1.807, 2.05) is 12.3 Å². The molecule has 1 atom stereocenters. The average molecular weight is 280 g/mol. The molecule has 1 aromatic carbocycles. The number of aromatic nitrogens is 1. The van der Waals surface area contributed by atoms with Gasteiger partial charge in [0.2, 0.25) is 0 Å². The van der Waals surface area contributed by atoms with Crippen LogP contribution in [0.25, 0.3) is 0 Å². The van der Waals surface area contributed by atoms with Gasteiger partial charge in [-0.05, 0) is 43.0 Å². The van der Waals surface area contributed by atoms with Crippen molar-refractivity contribution in [1.82, 2.24) is 4.57 Å². The fraction of sp³-hybridized carbons (Fsp3) is 0.333. The minimum absolute atomic E-state index is 0.151. The monoisotopic (exact) mass is 279 g/mol. The molecule has 0 bridgehead atoms. The predicted molar refractivity (Wildman–Crippen MR) is 72.8 cm³/mol. The highest BCUT2D eigenvalue weighted by atomic mass is 35.5. The maximum atomic E-state index is 13.1. The third-order valence-corrected chi connectivity index (χ3v) is 3.99. The lowest BCUT2D eigenvalue weighted by molar-refractivity contribution is 0.156. The molecule has 19 heavy (non-hydrogen) atoms. The second kappa shape index (κ2) is 4.99. The number of aliphatic hydroxyl groups is 1. The van der Waals surface area contributed by atoms with Crippen LogP contribution in [0.2, 0.25) is 5.02 Å². The van der Waals surface area contributed by atoms with Crippen LogP contribution in [0.3, 0.4) is 0 Å². The summed E-state index contributed by atoms with van der Waals surface area (Å²) in [5, 5.41) is 10.1. The molecule has 0 fully saturated rings. The van der Waals surface area contributed by atoms with E-state index >= 15 is 0 Å². The van der Waals surface area contributed by atoms with Crippen molar-refractivity contribution in [2.24, 2.45) is 0 Å². The third-order valence-electron chi connectivity index (χ3n) is 3.70. The molecule has 1 heterocycles. The van der Waals surface area contributed by atoms with Gasteiger partial charge in [-0.2, -0.15) is 0 Å². The summed E-state index contributed by atoms with van der Waals surface area (Å²) in [6, 6.07) is 6.77. The van der Waals surface area contributed by atoms with Crippen molar-refractivity contribution in [3.8, 4) is 0 Å². The molecular formula is C15H15ClFNO. The summed E-state index contributed by atoms with van der Waals surface area (Å²) in [6.45, 7) is 0.655. The highest BCUT2D eigenvalue weighted by Crippen LogP contribution is 2.30. The van der Waals surface area contributed by atoms with Gasteiger partial charge >= 0.3 is 0 Å². The Morgan fingerprint density at radius 1 is 1.37 bits per heavy atom. The third kappa shape index (κ3) is 2.40. The Bertz CT molecular complexity index is 608. The van der Waals surface area contributed by atoms with Gasteiger partial charge in [-0.15, -0.1) is 0 Å². The van der Waals surface area contributed by atoms with Crippen molar-refractivity contribution in [1.29, 1.82) is 0 Å². The smallest absolute Gasteiger partial charge is 0.141 e. The molecule has 0 spiro atoms. The normalized spacial score (nSPS) is 18.4. The van der Waals surface area contributed by atoms with Crippen LogP contribution in [0.4, 0.5) is 4.39 Å². The largest absolute Gasteiger partial charge is 0.388 e. The number of halogens is 2. The zero-order chi connectivity index (χ0) is 13.4. The molecule has 1 aliphatic carbocycles. The Morgan fingerprint density at radius 3 is 3.00 bits per heavy atom. The van der Waals surface area contributed by atoms with E-state index < -0.39 is 5.82 Å². The molecule has 1 aliphatic rings. The van der Waals surface area contributed by atoms with Crippen LogP contribution < -0.4 is 0 Å². The lowest BCUT2D eigenvalue weighted by atomic mass is 9.95. The van der Waals surface area contributed by atoms with Gasteiger partial charge in [-0.3, -0.25) is 0 Å². The number of fused-ring (bicyclic) bond motifs is 1. The molecule has 2 aromatic rings. The van der Waals surface area contributed by atoms with Gasteiger partial charge in [0.25, 0.3) is 0 Å². The summed E-state index contributed by atoms with van der Waals surface area (Å²) in [5.74, 6) is -0.393. The topological polar surface area (TPSA) is 25.2 Å². The molecule has 3 rings (SSSR count). The van der Waals surface area contributed by atoms with Crippen molar-refractivity contribution in [2.75, 3.05) is 0 Å². The van der Waals surface area contributed by atoms with E-state index in [1.54, 1.807) is 12.1 Å². The Kier molecular flexibility index (Phi) is 3.33. The molecule has 0 radical (unpaired) electrons. The molecular weight excluding hydrogens is 265 g/mol. The van der Waals surface area contributed by atoms with Crippen LogP contribution in [0.15, 0.2) is 30.5 Å². The van der Waals surface area contributed by atoms with Gasteiger partial charge in [-0.25, -0.2) is 4.39 Å². The van der Waals surface area contributed by atoms with E-state index in [9.17, 15) is 9.50 Å². The summed E-state index contributed by atoms with van der Waals surface area (Å²) < 4.78 is 15.2. The van der Waals surface area contributed by atoms with Gasteiger partial charge < -0.3 is 9.67 Å². The second-order valence-corrected chi connectivity index (χ2v) is 5.41. The molecule has 0 saturated carbocycles. The first-order valence-electron chi connectivity index (χ1n) is 6.45. The van der Waals surface area contributed by atoms with E-state index in [0.717, 1.165) is 30.4 Å². The lowest BCUT2D eigenvalue weighted by Gasteiger charge is -2.20. The van der Waals surface area contributed by atoms with Crippen molar-refractivity contribution in [3.05, 3.63) is 58.1 Å². The molecule has 0 amide bonds. The molecule has 1 unspecified atom stereocenters. The highest BCUT2D eigenvalue weighted by Gasteiger charge is 2.21. The average Bonchev–Trinajstić information content (AvgIpc) is 2.79. The number of aliphatic hydroxyl groups excluding tert-OH is 1. The zero-order valence-electron chi connectivity index (χ0n) is 10.4. The molecule has 100 valence electrons. The minimum Gasteiger partial charge on any atom is -0.388 e. The Morgan fingerprint density at radius 2 is 2.21 bits per heavy atom. The summed E-state index contributed by atoms with van der Waals surface area (Å²) in [7, 11) is 0. The molecule has 1 aromatic heterocycles. The highest BCUT2D eigenvalue weighted by molar-refractivity contribution is 6.30. The summed E-state index contributed by atoms with van der Waals surface area (Å²) in [4.78, 5) is 0. The van der Waals surface area contributed by atoms with Crippen molar-refractivity contribution < 1.29 is 9.50 Å². The van der Waals surface area contributed by atoms with Crippen LogP contribution in [0, 0.1) is 5.82 Å². The van der Waals surface area contributed by atoms with Crippen LogP contribution >= 0.6 is 11.6 Å². The van der Waals surface area contributed by atoms with Crippen molar-refractivity contribution in [2.45, 2.75) is 31.9 Å². The maximum absolute atomic E-state index is 13.1. The minimum atomic E-state index is -0.393. The molecule has 4 heteroatoms. The van der Waals surface area contributed by atoms with E-state index in [4.69, 9.17) is 11.6 Å². The van der Waals surface area contributed by atoms with E-state index in [1.165, 1.54) is 11.8 Å². The number of hydrogen-bond donors (Lipinski definition) is 1. The number of benzene rings is 1. The van der Waals surface area contributed by atoms with Gasteiger partial charge in [0.1, 0.15) is 5.82 Å².